The van der Waals surface area contributed by atoms with Crippen LogP contribution in [0.1, 0.15) is 48.0 Å². The van der Waals surface area contributed by atoms with Gasteiger partial charge < -0.3 is 14.8 Å². The summed E-state index contributed by atoms with van der Waals surface area (Å²) in [5, 5.41) is 3.92. The Bertz CT molecular complexity index is 916. The summed E-state index contributed by atoms with van der Waals surface area (Å²) < 4.78 is 10.5. The molecule has 1 heterocycles. The number of fused-ring (bicyclic) bond motifs is 1. The number of hydrogen-bond acceptors (Lipinski definition) is 5. The van der Waals surface area contributed by atoms with Gasteiger partial charge >= 0.3 is 5.97 Å². The largest absolute Gasteiger partial charge is 0.484 e. The first-order chi connectivity index (χ1) is 13.7. The zero-order chi connectivity index (χ0) is 21.2. The molecule has 1 aliphatic carbocycles. The van der Waals surface area contributed by atoms with Crippen molar-refractivity contribution in [1.29, 1.82) is 0 Å². The van der Waals surface area contributed by atoms with Crippen molar-refractivity contribution in [3.63, 3.8) is 0 Å². The number of halogens is 1. The van der Waals surface area contributed by atoms with Gasteiger partial charge in [-0.25, -0.2) is 4.79 Å². The highest BCUT2D eigenvalue weighted by atomic mass is 35.5. The van der Waals surface area contributed by atoms with Crippen molar-refractivity contribution in [1.82, 2.24) is 0 Å². The van der Waals surface area contributed by atoms with Gasteiger partial charge in [0.05, 0.1) is 12.7 Å². The molecule has 0 saturated carbocycles. The molecule has 1 amide bonds. The van der Waals surface area contributed by atoms with Gasteiger partial charge in [-0.3, -0.25) is 4.79 Å². The lowest BCUT2D eigenvalue weighted by atomic mass is 9.72. The molecule has 0 fully saturated rings. The topological polar surface area (TPSA) is 64.6 Å². The third-order valence-electron chi connectivity index (χ3n) is 5.30. The first kappa shape index (κ1) is 21.7. The van der Waals surface area contributed by atoms with E-state index < -0.39 is 5.97 Å². The van der Waals surface area contributed by atoms with Crippen LogP contribution in [0.15, 0.2) is 24.3 Å². The van der Waals surface area contributed by atoms with Crippen LogP contribution < -0.4 is 10.1 Å². The third kappa shape index (κ3) is 5.11. The number of ether oxygens (including phenoxy) is 2. The summed E-state index contributed by atoms with van der Waals surface area (Å²) in [6, 6.07) is 6.86. The molecule has 0 saturated heterocycles. The quantitative estimate of drug-likeness (QED) is 0.642. The normalized spacial score (nSPS) is 16.1. The molecular weight excluding hydrogens is 410 g/mol. The maximum absolute atomic E-state index is 12.5. The summed E-state index contributed by atoms with van der Waals surface area (Å²) in [6.45, 7) is 6.56. The number of esters is 1. The number of benzene rings is 1. The van der Waals surface area contributed by atoms with Crippen LogP contribution in [0.4, 0.5) is 5.00 Å². The molecule has 1 N–H and O–H groups in total. The Kier molecular flexibility index (Phi) is 6.54. The molecule has 156 valence electrons. The van der Waals surface area contributed by atoms with Gasteiger partial charge in [-0.05, 0) is 54.4 Å². The molecule has 0 spiro atoms. The minimum atomic E-state index is -0.414. The summed E-state index contributed by atoms with van der Waals surface area (Å²) >= 11 is 7.40. The fourth-order valence-corrected chi connectivity index (χ4v) is 5.11. The average Bonchev–Trinajstić information content (AvgIpc) is 3.02. The van der Waals surface area contributed by atoms with Gasteiger partial charge in [0.1, 0.15) is 10.8 Å². The molecule has 0 bridgehead atoms. The van der Waals surface area contributed by atoms with Crippen LogP contribution in [0.5, 0.6) is 5.75 Å². The number of hydrogen-bond donors (Lipinski definition) is 1. The van der Waals surface area contributed by atoms with E-state index in [0.717, 1.165) is 29.7 Å². The maximum atomic E-state index is 12.5. The van der Waals surface area contributed by atoms with Crippen molar-refractivity contribution >= 4 is 39.8 Å². The summed E-state index contributed by atoms with van der Waals surface area (Å²) in [5.74, 6) is 0.303. The molecule has 0 radical (unpaired) electrons. The predicted octanol–water partition coefficient (Wildman–Crippen LogP) is 5.36. The Balaban J connectivity index is 1.77. The van der Waals surface area contributed by atoms with Gasteiger partial charge in [0, 0.05) is 9.90 Å². The molecule has 29 heavy (non-hydrogen) atoms. The molecule has 1 aromatic carbocycles. The SMILES string of the molecule is COC(=O)c1c(NC(=O)COc2cccc(Cl)c2)sc2c1CCC(C(C)(C)C)C2. The Hall–Kier alpha value is -2.05. The first-order valence-electron chi connectivity index (χ1n) is 9.60. The number of amides is 1. The van der Waals surface area contributed by atoms with Gasteiger partial charge in [0.25, 0.3) is 5.91 Å². The molecule has 1 aliphatic rings. The molecule has 1 atom stereocenters. The van der Waals surface area contributed by atoms with E-state index in [1.165, 1.54) is 18.4 Å². The second-order valence-electron chi connectivity index (χ2n) is 8.30. The van der Waals surface area contributed by atoms with Crippen LogP contribution in [0.2, 0.25) is 5.02 Å². The van der Waals surface area contributed by atoms with E-state index in [0.29, 0.717) is 27.3 Å². The number of rotatable bonds is 5. The predicted molar refractivity (Wildman–Crippen MR) is 116 cm³/mol. The molecule has 5 nitrogen and oxygen atoms in total. The van der Waals surface area contributed by atoms with Gasteiger partial charge in [-0.2, -0.15) is 0 Å². The standard InChI is InChI=1S/C22H26ClNO4S/c1-22(2,3)13-8-9-16-17(10-13)29-20(19(16)21(26)27-4)24-18(25)12-28-15-7-5-6-14(23)11-15/h5-7,11,13H,8-10,12H2,1-4H3,(H,24,25). The molecule has 1 unspecified atom stereocenters. The minimum Gasteiger partial charge on any atom is -0.484 e. The lowest BCUT2D eigenvalue weighted by Crippen LogP contribution is -2.26. The van der Waals surface area contributed by atoms with Crippen LogP contribution in [0.3, 0.4) is 0 Å². The number of methoxy groups -OCH3 is 1. The highest BCUT2D eigenvalue weighted by molar-refractivity contribution is 7.17. The zero-order valence-corrected chi connectivity index (χ0v) is 18.7. The third-order valence-corrected chi connectivity index (χ3v) is 6.70. The van der Waals surface area contributed by atoms with Crippen molar-refractivity contribution < 1.29 is 19.1 Å². The van der Waals surface area contributed by atoms with Crippen molar-refractivity contribution in [2.45, 2.75) is 40.0 Å². The van der Waals surface area contributed by atoms with Crippen molar-refractivity contribution in [2.24, 2.45) is 11.3 Å². The Morgan fingerprint density at radius 1 is 1.31 bits per heavy atom. The van der Waals surface area contributed by atoms with Gasteiger partial charge in [-0.1, -0.05) is 38.4 Å². The summed E-state index contributed by atoms with van der Waals surface area (Å²) in [6.07, 6.45) is 2.73. The first-order valence-corrected chi connectivity index (χ1v) is 10.8. The Labute approximate surface area is 180 Å². The van der Waals surface area contributed by atoms with Gasteiger partial charge in [-0.15, -0.1) is 11.3 Å². The summed E-state index contributed by atoms with van der Waals surface area (Å²) in [7, 11) is 1.36. The number of nitrogens with one attached hydrogen (secondary N) is 1. The van der Waals surface area contributed by atoms with Crippen molar-refractivity contribution in [2.75, 3.05) is 19.0 Å². The molecule has 0 aliphatic heterocycles. The van der Waals surface area contributed by atoms with E-state index in [9.17, 15) is 9.59 Å². The van der Waals surface area contributed by atoms with Crippen LogP contribution in [-0.2, 0) is 22.4 Å². The van der Waals surface area contributed by atoms with Crippen LogP contribution in [0.25, 0.3) is 0 Å². The number of thiophene rings is 1. The Morgan fingerprint density at radius 2 is 2.07 bits per heavy atom. The second-order valence-corrected chi connectivity index (χ2v) is 9.84. The molecular formula is C22H26ClNO4S. The molecule has 1 aromatic heterocycles. The number of carbonyl (C=O) groups excluding carboxylic acids is 2. The minimum absolute atomic E-state index is 0.172. The van der Waals surface area contributed by atoms with E-state index in [1.54, 1.807) is 24.3 Å². The Morgan fingerprint density at radius 3 is 2.72 bits per heavy atom. The van der Waals surface area contributed by atoms with Gasteiger partial charge in [0.2, 0.25) is 0 Å². The fraction of sp³-hybridized carbons (Fsp3) is 0.455. The van der Waals surface area contributed by atoms with E-state index in [2.05, 4.69) is 26.1 Å². The average molecular weight is 436 g/mol. The lowest BCUT2D eigenvalue weighted by molar-refractivity contribution is -0.118. The highest BCUT2D eigenvalue weighted by Crippen LogP contribution is 2.44. The van der Waals surface area contributed by atoms with Crippen molar-refractivity contribution in [3.05, 3.63) is 45.3 Å². The fourth-order valence-electron chi connectivity index (χ4n) is 3.60. The van der Waals surface area contributed by atoms with E-state index in [-0.39, 0.29) is 17.9 Å². The smallest absolute Gasteiger partial charge is 0.341 e. The monoisotopic (exact) mass is 435 g/mol. The molecule has 7 heteroatoms. The zero-order valence-electron chi connectivity index (χ0n) is 17.1. The van der Waals surface area contributed by atoms with Crippen molar-refractivity contribution in [3.8, 4) is 5.75 Å². The van der Waals surface area contributed by atoms with Crippen LogP contribution >= 0.6 is 22.9 Å². The number of anilines is 1. The van der Waals surface area contributed by atoms with Crippen LogP contribution in [0, 0.1) is 11.3 Å². The maximum Gasteiger partial charge on any atom is 0.341 e. The molecule has 3 rings (SSSR count). The summed E-state index contributed by atoms with van der Waals surface area (Å²) in [5.41, 5.74) is 1.69. The van der Waals surface area contributed by atoms with Crippen LogP contribution in [-0.4, -0.2) is 25.6 Å². The highest BCUT2D eigenvalue weighted by Gasteiger charge is 2.34. The summed E-state index contributed by atoms with van der Waals surface area (Å²) in [4.78, 5) is 26.0. The van der Waals surface area contributed by atoms with E-state index >= 15 is 0 Å². The lowest BCUT2D eigenvalue weighted by Gasteiger charge is -2.33. The number of carbonyl (C=O) groups is 2. The second kappa shape index (κ2) is 8.76. The van der Waals surface area contributed by atoms with E-state index in [4.69, 9.17) is 21.1 Å². The molecule has 2 aromatic rings. The van der Waals surface area contributed by atoms with Gasteiger partial charge in [0.15, 0.2) is 6.61 Å². The van der Waals surface area contributed by atoms with E-state index in [1.807, 2.05) is 0 Å².